The zero-order valence-corrected chi connectivity index (χ0v) is 15.9. The van der Waals surface area contributed by atoms with Crippen molar-refractivity contribution in [2.75, 3.05) is 23.6 Å². The Morgan fingerprint density at radius 2 is 2.04 bits per heavy atom. The monoisotopic (exact) mass is 383 g/mol. The second kappa shape index (κ2) is 7.44. The van der Waals surface area contributed by atoms with Crippen molar-refractivity contribution >= 4 is 34.6 Å². The molecule has 2 aromatic carbocycles. The summed E-state index contributed by atoms with van der Waals surface area (Å²) in [5.41, 5.74) is 3.98. The van der Waals surface area contributed by atoms with Crippen molar-refractivity contribution in [3.05, 3.63) is 47.5 Å². The molecule has 27 heavy (non-hydrogen) atoms. The van der Waals surface area contributed by atoms with E-state index in [0.29, 0.717) is 18.1 Å². The summed E-state index contributed by atoms with van der Waals surface area (Å²) in [5.74, 6) is 1.72. The minimum absolute atomic E-state index is 0.194. The van der Waals surface area contributed by atoms with E-state index in [1.54, 1.807) is 0 Å². The van der Waals surface area contributed by atoms with Gasteiger partial charge in [0.2, 0.25) is 12.7 Å². The summed E-state index contributed by atoms with van der Waals surface area (Å²) in [5, 5.41) is 6.93. The van der Waals surface area contributed by atoms with Crippen molar-refractivity contribution < 1.29 is 14.3 Å². The van der Waals surface area contributed by atoms with E-state index >= 15 is 0 Å². The minimum Gasteiger partial charge on any atom is -0.454 e. The normalized spacial score (nSPS) is 15.1. The van der Waals surface area contributed by atoms with Gasteiger partial charge in [-0.25, -0.2) is 0 Å². The third-order valence-corrected chi connectivity index (χ3v) is 4.96. The number of ether oxygens (including phenoxy) is 2. The van der Waals surface area contributed by atoms with E-state index in [2.05, 4.69) is 10.6 Å². The Morgan fingerprint density at radius 3 is 2.81 bits per heavy atom. The fourth-order valence-corrected chi connectivity index (χ4v) is 3.54. The van der Waals surface area contributed by atoms with Crippen molar-refractivity contribution in [2.24, 2.45) is 0 Å². The highest BCUT2D eigenvalue weighted by Crippen LogP contribution is 2.32. The van der Waals surface area contributed by atoms with E-state index in [9.17, 15) is 4.79 Å². The van der Waals surface area contributed by atoms with E-state index < -0.39 is 0 Å². The van der Waals surface area contributed by atoms with Crippen LogP contribution in [0.25, 0.3) is 0 Å². The van der Waals surface area contributed by atoms with Crippen molar-refractivity contribution in [3.8, 4) is 11.5 Å². The molecule has 2 N–H and O–H groups in total. The van der Waals surface area contributed by atoms with Gasteiger partial charge in [0.25, 0.3) is 0 Å². The lowest BCUT2D eigenvalue weighted by molar-refractivity contribution is -0.117. The molecule has 140 valence electrons. The molecule has 0 aliphatic carbocycles. The SMILES string of the molecule is Cc1cc(NC(=S)NCc2ccc3c(c2)OCO3)ccc1N1CCCC1=O. The van der Waals surface area contributed by atoms with Crippen LogP contribution in [-0.2, 0) is 11.3 Å². The summed E-state index contributed by atoms with van der Waals surface area (Å²) in [6, 6.07) is 11.8. The molecule has 0 radical (unpaired) electrons. The van der Waals surface area contributed by atoms with Gasteiger partial charge in [-0.2, -0.15) is 0 Å². The number of nitrogens with zero attached hydrogens (tertiary/aromatic N) is 1. The molecule has 1 saturated heterocycles. The molecule has 0 spiro atoms. The Kier molecular flexibility index (Phi) is 4.85. The number of amides is 1. The van der Waals surface area contributed by atoms with E-state index in [1.807, 2.05) is 48.2 Å². The second-order valence-electron chi connectivity index (χ2n) is 6.65. The number of benzene rings is 2. The van der Waals surface area contributed by atoms with Gasteiger partial charge < -0.3 is 25.0 Å². The largest absolute Gasteiger partial charge is 0.454 e. The van der Waals surface area contributed by atoms with Crippen LogP contribution in [0.15, 0.2) is 36.4 Å². The Labute approximate surface area is 163 Å². The average Bonchev–Trinajstić information content (AvgIpc) is 3.28. The molecule has 1 fully saturated rings. The zero-order valence-electron chi connectivity index (χ0n) is 15.1. The summed E-state index contributed by atoms with van der Waals surface area (Å²) in [7, 11) is 0. The highest BCUT2D eigenvalue weighted by Gasteiger charge is 2.23. The number of thiocarbonyl (C=S) groups is 1. The van der Waals surface area contributed by atoms with Crippen LogP contribution in [0.4, 0.5) is 11.4 Å². The highest BCUT2D eigenvalue weighted by molar-refractivity contribution is 7.80. The van der Waals surface area contributed by atoms with Crippen molar-refractivity contribution in [1.29, 1.82) is 0 Å². The van der Waals surface area contributed by atoms with E-state index in [-0.39, 0.29) is 12.7 Å². The molecular formula is C20H21N3O3S. The predicted molar refractivity (Wildman–Crippen MR) is 108 cm³/mol. The number of hydrogen-bond acceptors (Lipinski definition) is 4. The van der Waals surface area contributed by atoms with Crippen LogP contribution in [0.1, 0.15) is 24.0 Å². The fraction of sp³-hybridized carbons (Fsp3) is 0.300. The number of carbonyl (C=O) groups excluding carboxylic acids is 1. The first-order valence-electron chi connectivity index (χ1n) is 8.94. The van der Waals surface area contributed by atoms with Gasteiger partial charge in [-0.3, -0.25) is 4.79 Å². The number of anilines is 2. The summed E-state index contributed by atoms with van der Waals surface area (Å²) in [6.07, 6.45) is 1.56. The van der Waals surface area contributed by atoms with Crippen LogP contribution < -0.4 is 25.0 Å². The Bertz CT molecular complexity index is 900. The summed E-state index contributed by atoms with van der Waals surface area (Å²) >= 11 is 5.39. The highest BCUT2D eigenvalue weighted by atomic mass is 32.1. The Balaban J connectivity index is 1.35. The van der Waals surface area contributed by atoms with Crippen LogP contribution in [0.3, 0.4) is 0 Å². The smallest absolute Gasteiger partial charge is 0.231 e. The van der Waals surface area contributed by atoms with Crippen LogP contribution in [-0.4, -0.2) is 24.4 Å². The average molecular weight is 383 g/mol. The lowest BCUT2D eigenvalue weighted by Gasteiger charge is -2.19. The third-order valence-electron chi connectivity index (χ3n) is 4.71. The van der Waals surface area contributed by atoms with Gasteiger partial charge in [-0.1, -0.05) is 6.07 Å². The number of aryl methyl sites for hydroxylation is 1. The van der Waals surface area contributed by atoms with Gasteiger partial charge in [0.05, 0.1) is 0 Å². The summed E-state index contributed by atoms with van der Waals surface area (Å²) in [6.45, 7) is 3.66. The van der Waals surface area contributed by atoms with E-state index in [1.165, 1.54) is 0 Å². The first-order chi connectivity index (χ1) is 13.1. The molecule has 0 bridgehead atoms. The number of nitrogens with one attached hydrogen (secondary N) is 2. The maximum absolute atomic E-state index is 11.9. The molecule has 1 amide bonds. The topological polar surface area (TPSA) is 62.8 Å². The molecule has 0 atom stereocenters. The number of fused-ring (bicyclic) bond motifs is 1. The van der Waals surface area contributed by atoms with Gasteiger partial charge in [0, 0.05) is 30.9 Å². The minimum atomic E-state index is 0.194. The molecule has 2 aliphatic rings. The molecule has 0 unspecified atom stereocenters. The lowest BCUT2D eigenvalue weighted by atomic mass is 10.1. The molecule has 6 nitrogen and oxygen atoms in total. The van der Waals surface area contributed by atoms with Crippen LogP contribution in [0.5, 0.6) is 11.5 Å². The molecule has 4 rings (SSSR count). The standard InChI is InChI=1S/C20H21N3O3S/c1-13-9-15(5-6-16(13)23-8-2-3-19(23)24)22-20(27)21-11-14-4-7-17-18(10-14)26-12-25-17/h4-7,9-10H,2-3,8,11-12H2,1H3,(H2,21,22,27). The quantitative estimate of drug-likeness (QED) is 0.790. The molecule has 2 heterocycles. The van der Waals surface area contributed by atoms with Crippen molar-refractivity contribution in [2.45, 2.75) is 26.3 Å². The van der Waals surface area contributed by atoms with Crippen LogP contribution >= 0.6 is 12.2 Å². The molecule has 0 saturated carbocycles. The molecular weight excluding hydrogens is 362 g/mol. The Hall–Kier alpha value is -2.80. The lowest BCUT2D eigenvalue weighted by Crippen LogP contribution is -2.28. The van der Waals surface area contributed by atoms with Gasteiger partial charge in [-0.15, -0.1) is 0 Å². The van der Waals surface area contributed by atoms with Gasteiger partial charge in [0.1, 0.15) is 0 Å². The molecule has 0 aromatic heterocycles. The predicted octanol–water partition coefficient (Wildman–Crippen LogP) is 3.34. The summed E-state index contributed by atoms with van der Waals surface area (Å²) < 4.78 is 10.7. The summed E-state index contributed by atoms with van der Waals surface area (Å²) in [4.78, 5) is 13.8. The van der Waals surface area contributed by atoms with Gasteiger partial charge >= 0.3 is 0 Å². The maximum atomic E-state index is 11.9. The number of hydrogen-bond donors (Lipinski definition) is 2. The number of carbonyl (C=O) groups is 1. The molecule has 2 aliphatic heterocycles. The van der Waals surface area contributed by atoms with E-state index in [4.69, 9.17) is 21.7 Å². The van der Waals surface area contributed by atoms with Gasteiger partial charge in [-0.05, 0) is 67.0 Å². The first kappa shape index (κ1) is 17.6. The zero-order chi connectivity index (χ0) is 18.8. The second-order valence-corrected chi connectivity index (χ2v) is 7.05. The fourth-order valence-electron chi connectivity index (χ4n) is 3.35. The van der Waals surface area contributed by atoms with E-state index in [0.717, 1.165) is 47.0 Å². The first-order valence-corrected chi connectivity index (χ1v) is 9.35. The van der Waals surface area contributed by atoms with Crippen molar-refractivity contribution in [3.63, 3.8) is 0 Å². The molecule has 7 heteroatoms. The number of rotatable bonds is 4. The van der Waals surface area contributed by atoms with Crippen molar-refractivity contribution in [1.82, 2.24) is 5.32 Å². The van der Waals surface area contributed by atoms with Crippen LogP contribution in [0, 0.1) is 6.92 Å². The maximum Gasteiger partial charge on any atom is 0.231 e. The Morgan fingerprint density at radius 1 is 1.19 bits per heavy atom. The third kappa shape index (κ3) is 3.83. The van der Waals surface area contributed by atoms with Crippen LogP contribution in [0.2, 0.25) is 0 Å². The van der Waals surface area contributed by atoms with Gasteiger partial charge in [0.15, 0.2) is 16.6 Å². The molecule has 2 aromatic rings.